The van der Waals surface area contributed by atoms with Gasteiger partial charge in [0.25, 0.3) is 0 Å². The van der Waals surface area contributed by atoms with Gasteiger partial charge in [0.15, 0.2) is 0 Å². The van der Waals surface area contributed by atoms with Gasteiger partial charge < -0.3 is 9.15 Å². The fourth-order valence-electron chi connectivity index (χ4n) is 1.41. The molecular weight excluding hydrogens is 260 g/mol. The van der Waals surface area contributed by atoms with E-state index in [4.69, 9.17) is 9.15 Å². The number of fused-ring (bicyclic) bond motifs is 1. The molecule has 0 fully saturated rings. The molecule has 0 N–H and O–H groups in total. The first kappa shape index (κ1) is 10.4. The normalized spacial score (nSPS) is 10.8. The van der Waals surface area contributed by atoms with Gasteiger partial charge >= 0.3 is 0 Å². The standard InChI is InChI=1S/C11H9BrO3/c1-14-5-7-2-3-8-10(4-7)15-6-9(12)11(8)13/h2-4,6H,5H2,1H3. The first-order valence-corrected chi connectivity index (χ1v) is 5.20. The van der Waals surface area contributed by atoms with Crippen molar-refractivity contribution in [2.45, 2.75) is 6.61 Å². The van der Waals surface area contributed by atoms with E-state index in [1.807, 2.05) is 12.1 Å². The van der Waals surface area contributed by atoms with Gasteiger partial charge in [-0.15, -0.1) is 0 Å². The lowest BCUT2D eigenvalue weighted by Gasteiger charge is -2.01. The van der Waals surface area contributed by atoms with Crippen molar-refractivity contribution in [3.05, 3.63) is 44.7 Å². The first-order chi connectivity index (χ1) is 7.22. The van der Waals surface area contributed by atoms with Crippen LogP contribution in [0.15, 0.2) is 38.1 Å². The Morgan fingerprint density at radius 2 is 2.27 bits per heavy atom. The predicted molar refractivity (Wildman–Crippen MR) is 60.9 cm³/mol. The highest BCUT2D eigenvalue weighted by Gasteiger charge is 2.05. The van der Waals surface area contributed by atoms with Crippen LogP contribution in [0.25, 0.3) is 11.0 Å². The van der Waals surface area contributed by atoms with Crippen LogP contribution < -0.4 is 5.43 Å². The number of halogens is 1. The van der Waals surface area contributed by atoms with Crippen LogP contribution in [0.4, 0.5) is 0 Å². The lowest BCUT2D eigenvalue weighted by atomic mass is 10.1. The van der Waals surface area contributed by atoms with E-state index in [0.29, 0.717) is 22.0 Å². The van der Waals surface area contributed by atoms with Gasteiger partial charge in [-0.05, 0) is 33.6 Å². The zero-order chi connectivity index (χ0) is 10.8. The van der Waals surface area contributed by atoms with Crippen molar-refractivity contribution >= 4 is 26.9 Å². The summed E-state index contributed by atoms with van der Waals surface area (Å²) < 4.78 is 10.7. The SMILES string of the molecule is COCc1ccc2c(=O)c(Br)coc2c1. The van der Waals surface area contributed by atoms with E-state index in [0.717, 1.165) is 5.56 Å². The molecule has 15 heavy (non-hydrogen) atoms. The predicted octanol–water partition coefficient (Wildman–Crippen LogP) is 2.70. The second kappa shape index (κ2) is 4.16. The molecule has 1 aromatic heterocycles. The van der Waals surface area contributed by atoms with Crippen LogP contribution in [0, 0.1) is 0 Å². The summed E-state index contributed by atoms with van der Waals surface area (Å²) in [5, 5.41) is 0.573. The molecule has 1 heterocycles. The van der Waals surface area contributed by atoms with Crippen LogP contribution in [0.2, 0.25) is 0 Å². The van der Waals surface area contributed by atoms with Gasteiger partial charge in [-0.2, -0.15) is 0 Å². The molecule has 1 aromatic carbocycles. The molecule has 3 nitrogen and oxygen atoms in total. The minimum atomic E-state index is -0.0554. The van der Waals surface area contributed by atoms with E-state index in [2.05, 4.69) is 15.9 Å². The number of hydrogen-bond acceptors (Lipinski definition) is 3. The summed E-state index contributed by atoms with van der Waals surface area (Å²) in [4.78, 5) is 11.7. The largest absolute Gasteiger partial charge is 0.463 e. The average molecular weight is 269 g/mol. The Morgan fingerprint density at radius 1 is 1.47 bits per heavy atom. The number of ether oxygens (including phenoxy) is 1. The maximum atomic E-state index is 11.7. The number of benzene rings is 1. The van der Waals surface area contributed by atoms with Crippen LogP contribution in [0.5, 0.6) is 0 Å². The average Bonchev–Trinajstić information content (AvgIpc) is 2.24. The molecule has 0 aliphatic heterocycles. The Morgan fingerprint density at radius 3 is 3.00 bits per heavy atom. The van der Waals surface area contributed by atoms with Crippen LogP contribution in [-0.2, 0) is 11.3 Å². The fourth-order valence-corrected chi connectivity index (χ4v) is 1.71. The van der Waals surface area contributed by atoms with Crippen molar-refractivity contribution in [1.82, 2.24) is 0 Å². The van der Waals surface area contributed by atoms with Crippen molar-refractivity contribution in [3.63, 3.8) is 0 Å². The third-order valence-corrected chi connectivity index (χ3v) is 2.65. The highest BCUT2D eigenvalue weighted by atomic mass is 79.9. The summed E-state index contributed by atoms with van der Waals surface area (Å²) >= 11 is 3.13. The van der Waals surface area contributed by atoms with Crippen LogP contribution in [-0.4, -0.2) is 7.11 Å². The van der Waals surface area contributed by atoms with E-state index in [9.17, 15) is 4.79 Å². The molecule has 0 atom stereocenters. The van der Waals surface area contributed by atoms with Crippen LogP contribution in [0.1, 0.15) is 5.56 Å². The van der Waals surface area contributed by atoms with Crippen molar-refractivity contribution in [2.75, 3.05) is 7.11 Å². The molecule has 0 aliphatic carbocycles. The molecule has 4 heteroatoms. The monoisotopic (exact) mass is 268 g/mol. The summed E-state index contributed by atoms with van der Waals surface area (Å²) in [6.07, 6.45) is 1.40. The molecule has 0 amide bonds. The minimum Gasteiger partial charge on any atom is -0.463 e. The molecule has 78 valence electrons. The molecular formula is C11H9BrO3. The van der Waals surface area contributed by atoms with E-state index in [1.54, 1.807) is 13.2 Å². The second-order valence-electron chi connectivity index (χ2n) is 3.18. The topological polar surface area (TPSA) is 39.4 Å². The van der Waals surface area contributed by atoms with Crippen LogP contribution >= 0.6 is 15.9 Å². The lowest BCUT2D eigenvalue weighted by molar-refractivity contribution is 0.185. The van der Waals surface area contributed by atoms with Gasteiger partial charge in [-0.25, -0.2) is 0 Å². The summed E-state index contributed by atoms with van der Waals surface area (Å²) in [5.74, 6) is 0. The number of rotatable bonds is 2. The van der Waals surface area contributed by atoms with E-state index < -0.39 is 0 Å². The third kappa shape index (κ3) is 1.96. The Bertz CT molecular complexity index is 545. The van der Waals surface area contributed by atoms with Gasteiger partial charge in [-0.1, -0.05) is 6.07 Å². The Hall–Kier alpha value is -1.13. The molecule has 0 saturated heterocycles. The quantitative estimate of drug-likeness (QED) is 0.841. The van der Waals surface area contributed by atoms with E-state index >= 15 is 0 Å². The fraction of sp³-hybridized carbons (Fsp3) is 0.182. The lowest BCUT2D eigenvalue weighted by Crippen LogP contribution is -2.01. The Kier molecular flexibility index (Phi) is 2.88. The maximum Gasteiger partial charge on any atom is 0.206 e. The zero-order valence-electron chi connectivity index (χ0n) is 8.12. The van der Waals surface area contributed by atoms with Crippen LogP contribution in [0.3, 0.4) is 0 Å². The molecule has 2 rings (SSSR count). The summed E-state index contributed by atoms with van der Waals surface area (Å²) in [5.41, 5.74) is 1.51. The molecule has 0 radical (unpaired) electrons. The summed E-state index contributed by atoms with van der Waals surface area (Å²) in [6, 6.07) is 5.42. The van der Waals surface area contributed by atoms with Crippen molar-refractivity contribution in [3.8, 4) is 0 Å². The molecule has 0 spiro atoms. The van der Waals surface area contributed by atoms with Gasteiger partial charge in [-0.3, -0.25) is 4.79 Å². The Labute approximate surface area is 94.8 Å². The molecule has 0 aliphatic rings. The zero-order valence-corrected chi connectivity index (χ0v) is 9.71. The molecule has 0 saturated carbocycles. The summed E-state index contributed by atoms with van der Waals surface area (Å²) in [7, 11) is 1.63. The van der Waals surface area contributed by atoms with E-state index in [1.165, 1.54) is 6.26 Å². The molecule has 0 bridgehead atoms. The van der Waals surface area contributed by atoms with Gasteiger partial charge in [0, 0.05) is 7.11 Å². The van der Waals surface area contributed by atoms with Gasteiger partial charge in [0.1, 0.15) is 16.3 Å². The Balaban J connectivity index is 2.65. The summed E-state index contributed by atoms with van der Waals surface area (Å²) in [6.45, 7) is 0.510. The minimum absolute atomic E-state index is 0.0554. The highest BCUT2D eigenvalue weighted by molar-refractivity contribution is 9.10. The number of hydrogen-bond donors (Lipinski definition) is 0. The van der Waals surface area contributed by atoms with Gasteiger partial charge in [0.2, 0.25) is 5.43 Å². The second-order valence-corrected chi connectivity index (χ2v) is 4.03. The third-order valence-electron chi connectivity index (χ3n) is 2.11. The molecule has 2 aromatic rings. The van der Waals surface area contributed by atoms with Crippen molar-refractivity contribution in [2.24, 2.45) is 0 Å². The van der Waals surface area contributed by atoms with E-state index in [-0.39, 0.29) is 5.43 Å². The maximum absolute atomic E-state index is 11.7. The smallest absolute Gasteiger partial charge is 0.206 e. The number of methoxy groups -OCH3 is 1. The van der Waals surface area contributed by atoms with Crippen molar-refractivity contribution in [1.29, 1.82) is 0 Å². The highest BCUT2D eigenvalue weighted by Crippen LogP contribution is 2.16. The molecule has 0 unspecified atom stereocenters. The van der Waals surface area contributed by atoms with Crippen molar-refractivity contribution < 1.29 is 9.15 Å². The van der Waals surface area contributed by atoms with Gasteiger partial charge in [0.05, 0.1) is 12.0 Å². The first-order valence-electron chi connectivity index (χ1n) is 4.41.